The van der Waals surface area contributed by atoms with Crippen LogP contribution in [0.15, 0.2) is 18.2 Å². The average molecular weight is 312 g/mol. The molecule has 1 aliphatic rings. The summed E-state index contributed by atoms with van der Waals surface area (Å²) in [5, 5.41) is 12.5. The first-order chi connectivity index (χ1) is 10.3. The third-order valence-electron chi connectivity index (χ3n) is 3.50. The predicted molar refractivity (Wildman–Crippen MR) is 74.8 cm³/mol. The lowest BCUT2D eigenvalue weighted by molar-refractivity contribution is -0.128. The standard InChI is InChI=1S/C15H18F2N2O3/c1-8(2)6-11-14(21)19(15(22)18-11)7-12(20)13-9(16)4-3-5-10(13)17/h3-5,8,11-12,20H,6-7H2,1-2H3,(H,18,22). The molecule has 2 rings (SSSR count). The Balaban J connectivity index is 2.13. The van der Waals surface area contributed by atoms with Crippen molar-refractivity contribution in [1.29, 1.82) is 0 Å². The Hall–Kier alpha value is -2.02. The van der Waals surface area contributed by atoms with Gasteiger partial charge in [-0.3, -0.25) is 9.69 Å². The number of aliphatic hydroxyl groups excluding tert-OH is 1. The number of imide groups is 1. The van der Waals surface area contributed by atoms with E-state index in [1.54, 1.807) is 0 Å². The van der Waals surface area contributed by atoms with Crippen LogP contribution in [0.4, 0.5) is 13.6 Å². The van der Waals surface area contributed by atoms with Crippen molar-refractivity contribution in [3.63, 3.8) is 0 Å². The third kappa shape index (κ3) is 3.24. The first-order valence-corrected chi connectivity index (χ1v) is 7.05. The molecule has 7 heteroatoms. The van der Waals surface area contributed by atoms with Crippen molar-refractivity contribution in [1.82, 2.24) is 10.2 Å². The van der Waals surface area contributed by atoms with Gasteiger partial charge >= 0.3 is 6.03 Å². The molecule has 1 aromatic carbocycles. The predicted octanol–water partition coefficient (Wildman–Crippen LogP) is 1.96. The molecule has 2 unspecified atom stereocenters. The van der Waals surface area contributed by atoms with E-state index in [1.807, 2.05) is 13.8 Å². The fourth-order valence-electron chi connectivity index (χ4n) is 2.47. The van der Waals surface area contributed by atoms with Crippen LogP contribution in [-0.2, 0) is 4.79 Å². The molecule has 1 saturated heterocycles. The highest BCUT2D eigenvalue weighted by molar-refractivity contribution is 6.04. The molecular formula is C15H18F2N2O3. The second-order valence-corrected chi connectivity index (χ2v) is 5.73. The zero-order valence-electron chi connectivity index (χ0n) is 12.3. The highest BCUT2D eigenvalue weighted by Gasteiger charge is 2.39. The van der Waals surface area contributed by atoms with Crippen molar-refractivity contribution in [2.24, 2.45) is 5.92 Å². The van der Waals surface area contributed by atoms with Crippen LogP contribution < -0.4 is 5.32 Å². The van der Waals surface area contributed by atoms with E-state index in [1.165, 1.54) is 6.07 Å². The van der Waals surface area contributed by atoms with Gasteiger partial charge in [0, 0.05) is 0 Å². The van der Waals surface area contributed by atoms with Crippen LogP contribution in [0.1, 0.15) is 31.9 Å². The minimum absolute atomic E-state index is 0.197. The lowest BCUT2D eigenvalue weighted by Gasteiger charge is -2.19. The van der Waals surface area contributed by atoms with Gasteiger partial charge in [-0.25, -0.2) is 13.6 Å². The van der Waals surface area contributed by atoms with Gasteiger partial charge in [0.05, 0.1) is 12.1 Å². The maximum atomic E-state index is 13.6. The summed E-state index contributed by atoms with van der Waals surface area (Å²) >= 11 is 0. The highest BCUT2D eigenvalue weighted by atomic mass is 19.1. The topological polar surface area (TPSA) is 69.6 Å². The molecule has 22 heavy (non-hydrogen) atoms. The van der Waals surface area contributed by atoms with Gasteiger partial charge in [0.15, 0.2) is 0 Å². The first kappa shape index (κ1) is 16.4. The number of hydrogen-bond donors (Lipinski definition) is 2. The number of urea groups is 1. The van der Waals surface area contributed by atoms with E-state index in [4.69, 9.17) is 0 Å². The van der Waals surface area contributed by atoms with E-state index >= 15 is 0 Å². The zero-order chi connectivity index (χ0) is 16.4. The Labute approximate surface area is 126 Å². The molecule has 2 N–H and O–H groups in total. The van der Waals surface area contributed by atoms with Crippen molar-refractivity contribution >= 4 is 11.9 Å². The van der Waals surface area contributed by atoms with Gasteiger partial charge in [0.25, 0.3) is 5.91 Å². The molecule has 0 aromatic heterocycles. The van der Waals surface area contributed by atoms with Crippen LogP contribution >= 0.6 is 0 Å². The first-order valence-electron chi connectivity index (χ1n) is 7.05. The highest BCUT2D eigenvalue weighted by Crippen LogP contribution is 2.23. The molecule has 0 spiro atoms. The van der Waals surface area contributed by atoms with E-state index in [9.17, 15) is 23.5 Å². The number of β-amino-alcohol motifs (C(OH)–C–C–N with tert-alkyl or cyclic N) is 1. The number of nitrogens with zero attached hydrogens (tertiary/aromatic N) is 1. The third-order valence-corrected chi connectivity index (χ3v) is 3.50. The number of aliphatic hydroxyl groups is 1. The van der Waals surface area contributed by atoms with Crippen LogP contribution in [0.3, 0.4) is 0 Å². The molecule has 1 aliphatic heterocycles. The summed E-state index contributed by atoms with van der Waals surface area (Å²) in [7, 11) is 0. The maximum Gasteiger partial charge on any atom is 0.324 e. The zero-order valence-corrected chi connectivity index (χ0v) is 12.3. The molecule has 2 atom stereocenters. The number of nitrogens with one attached hydrogen (secondary N) is 1. The Morgan fingerprint density at radius 3 is 2.41 bits per heavy atom. The maximum absolute atomic E-state index is 13.6. The summed E-state index contributed by atoms with van der Waals surface area (Å²) in [5.41, 5.74) is -0.546. The van der Waals surface area contributed by atoms with E-state index in [2.05, 4.69) is 5.32 Å². The summed E-state index contributed by atoms with van der Waals surface area (Å²) < 4.78 is 27.2. The van der Waals surface area contributed by atoms with Gasteiger partial charge in [-0.15, -0.1) is 0 Å². The molecular weight excluding hydrogens is 294 g/mol. The molecule has 1 fully saturated rings. The summed E-state index contributed by atoms with van der Waals surface area (Å²) in [6.07, 6.45) is -1.15. The van der Waals surface area contributed by atoms with Gasteiger partial charge in [-0.2, -0.15) is 0 Å². The van der Waals surface area contributed by atoms with Crippen molar-refractivity contribution < 1.29 is 23.5 Å². The molecule has 3 amide bonds. The molecule has 0 saturated carbocycles. The largest absolute Gasteiger partial charge is 0.386 e. The second-order valence-electron chi connectivity index (χ2n) is 5.73. The molecule has 5 nitrogen and oxygen atoms in total. The number of carbonyl (C=O) groups excluding carboxylic acids is 2. The SMILES string of the molecule is CC(C)CC1NC(=O)N(CC(O)c2c(F)cccc2F)C1=O. The Kier molecular flexibility index (Phi) is 4.75. The summed E-state index contributed by atoms with van der Waals surface area (Å²) in [6, 6.07) is 1.87. The van der Waals surface area contributed by atoms with Gasteiger partial charge in [0.2, 0.25) is 0 Å². The number of carbonyl (C=O) groups is 2. The molecule has 0 bridgehead atoms. The van der Waals surface area contributed by atoms with E-state index in [-0.39, 0.29) is 5.92 Å². The smallest absolute Gasteiger partial charge is 0.324 e. The number of rotatable bonds is 5. The van der Waals surface area contributed by atoms with Crippen molar-refractivity contribution in [2.75, 3.05) is 6.54 Å². The van der Waals surface area contributed by atoms with Crippen LogP contribution in [0.2, 0.25) is 0 Å². The lowest BCUT2D eigenvalue weighted by Crippen LogP contribution is -2.35. The Morgan fingerprint density at radius 1 is 1.27 bits per heavy atom. The van der Waals surface area contributed by atoms with Gasteiger partial charge in [-0.05, 0) is 24.5 Å². The summed E-state index contributed by atoms with van der Waals surface area (Å²) in [6.45, 7) is 3.33. The van der Waals surface area contributed by atoms with Gasteiger partial charge in [0.1, 0.15) is 23.8 Å². The van der Waals surface area contributed by atoms with Crippen LogP contribution in [0.25, 0.3) is 0 Å². The molecule has 120 valence electrons. The molecule has 1 heterocycles. The van der Waals surface area contributed by atoms with E-state index in [0.717, 1.165) is 17.0 Å². The van der Waals surface area contributed by atoms with Crippen molar-refractivity contribution in [3.05, 3.63) is 35.4 Å². The fraction of sp³-hybridized carbons (Fsp3) is 0.467. The van der Waals surface area contributed by atoms with E-state index in [0.29, 0.717) is 6.42 Å². The van der Waals surface area contributed by atoms with Crippen molar-refractivity contribution in [2.45, 2.75) is 32.4 Å². The number of amides is 3. The molecule has 1 aromatic rings. The van der Waals surface area contributed by atoms with Crippen LogP contribution in [-0.4, -0.2) is 34.5 Å². The average Bonchev–Trinajstić information content (AvgIpc) is 2.65. The minimum atomic E-state index is -1.62. The van der Waals surface area contributed by atoms with Gasteiger partial charge < -0.3 is 10.4 Å². The minimum Gasteiger partial charge on any atom is -0.386 e. The second kappa shape index (κ2) is 6.39. The van der Waals surface area contributed by atoms with Gasteiger partial charge in [-0.1, -0.05) is 19.9 Å². The van der Waals surface area contributed by atoms with Crippen molar-refractivity contribution in [3.8, 4) is 0 Å². The summed E-state index contributed by atoms with van der Waals surface area (Å²) in [4.78, 5) is 24.7. The monoisotopic (exact) mass is 312 g/mol. The number of halogens is 2. The Bertz CT molecular complexity index is 572. The fourth-order valence-corrected chi connectivity index (χ4v) is 2.47. The number of hydrogen-bond acceptors (Lipinski definition) is 3. The summed E-state index contributed by atoms with van der Waals surface area (Å²) in [5.74, 6) is -2.13. The molecule has 0 aliphatic carbocycles. The quantitative estimate of drug-likeness (QED) is 0.817. The molecule has 0 radical (unpaired) electrons. The normalized spacial score (nSPS) is 19.7. The van der Waals surface area contributed by atoms with E-state index < -0.39 is 47.8 Å². The lowest BCUT2D eigenvalue weighted by atomic mass is 10.0. The Morgan fingerprint density at radius 2 is 1.86 bits per heavy atom. The number of benzene rings is 1. The van der Waals surface area contributed by atoms with Crippen LogP contribution in [0, 0.1) is 17.6 Å². The van der Waals surface area contributed by atoms with Crippen LogP contribution in [0.5, 0.6) is 0 Å².